The van der Waals surface area contributed by atoms with Crippen molar-refractivity contribution in [1.29, 1.82) is 0 Å². The number of rotatable bonds is 4. The van der Waals surface area contributed by atoms with Gasteiger partial charge in [-0.2, -0.15) is 0 Å². The highest BCUT2D eigenvalue weighted by molar-refractivity contribution is 5.41. The molecule has 3 nitrogen and oxygen atoms in total. The Hall–Kier alpha value is -1.22. The Balaban J connectivity index is 1.98. The van der Waals surface area contributed by atoms with Crippen molar-refractivity contribution in [2.24, 2.45) is 5.92 Å². The fourth-order valence-corrected chi connectivity index (χ4v) is 2.72. The lowest BCUT2D eigenvalue weighted by molar-refractivity contribution is 0.164. The molecule has 0 aromatic heterocycles. The Morgan fingerprint density at radius 3 is 2.94 bits per heavy atom. The summed E-state index contributed by atoms with van der Waals surface area (Å²) in [5, 5.41) is 9.78. The highest BCUT2D eigenvalue weighted by Gasteiger charge is 2.18. The van der Waals surface area contributed by atoms with E-state index in [-0.39, 0.29) is 5.75 Å². The van der Waals surface area contributed by atoms with Gasteiger partial charge in [0.1, 0.15) is 0 Å². The van der Waals surface area contributed by atoms with Crippen LogP contribution in [-0.4, -0.2) is 30.2 Å². The Morgan fingerprint density at radius 1 is 1.44 bits per heavy atom. The zero-order valence-electron chi connectivity index (χ0n) is 11.4. The van der Waals surface area contributed by atoms with Gasteiger partial charge in [0.15, 0.2) is 11.5 Å². The van der Waals surface area contributed by atoms with E-state index in [1.807, 2.05) is 18.2 Å². The number of benzene rings is 1. The first-order chi connectivity index (χ1) is 8.72. The van der Waals surface area contributed by atoms with E-state index in [0.717, 1.165) is 18.0 Å². The second kappa shape index (κ2) is 6.10. The molecular weight excluding hydrogens is 226 g/mol. The molecule has 1 aliphatic rings. The molecule has 0 aliphatic carbocycles. The van der Waals surface area contributed by atoms with Crippen molar-refractivity contribution < 1.29 is 9.84 Å². The molecule has 0 radical (unpaired) electrons. The average Bonchev–Trinajstić information content (AvgIpc) is 2.39. The second-order valence-electron chi connectivity index (χ2n) is 5.16. The summed E-state index contributed by atoms with van der Waals surface area (Å²) in [6.07, 6.45) is 3.92. The van der Waals surface area contributed by atoms with E-state index in [4.69, 9.17) is 4.74 Å². The van der Waals surface area contributed by atoms with E-state index in [9.17, 15) is 5.11 Å². The summed E-state index contributed by atoms with van der Waals surface area (Å²) in [7, 11) is 1.57. The molecule has 1 heterocycles. The van der Waals surface area contributed by atoms with Crippen molar-refractivity contribution in [2.75, 3.05) is 20.2 Å². The molecule has 100 valence electrons. The molecule has 1 aromatic carbocycles. The Kier molecular flexibility index (Phi) is 4.48. The van der Waals surface area contributed by atoms with E-state index in [2.05, 4.69) is 11.8 Å². The third-order valence-corrected chi connectivity index (χ3v) is 3.83. The maximum atomic E-state index is 9.78. The maximum absolute atomic E-state index is 9.78. The summed E-state index contributed by atoms with van der Waals surface area (Å²) < 4.78 is 5.06. The van der Waals surface area contributed by atoms with Crippen LogP contribution in [0.4, 0.5) is 0 Å². The molecule has 3 heteroatoms. The van der Waals surface area contributed by atoms with Crippen molar-refractivity contribution in [2.45, 2.75) is 32.7 Å². The van der Waals surface area contributed by atoms with E-state index >= 15 is 0 Å². The van der Waals surface area contributed by atoms with Crippen LogP contribution in [0, 0.1) is 5.92 Å². The van der Waals surface area contributed by atoms with Crippen LogP contribution < -0.4 is 4.74 Å². The second-order valence-corrected chi connectivity index (χ2v) is 5.16. The van der Waals surface area contributed by atoms with Crippen molar-refractivity contribution >= 4 is 0 Å². The standard InChI is InChI=1S/C15H23NO2/c1-3-12-5-4-8-16(10-12)11-13-6-7-15(18-2)14(17)9-13/h6-7,9,12,17H,3-5,8,10-11H2,1-2H3. The van der Waals surface area contributed by atoms with Crippen molar-refractivity contribution in [1.82, 2.24) is 4.90 Å². The number of aromatic hydroxyl groups is 1. The highest BCUT2D eigenvalue weighted by Crippen LogP contribution is 2.28. The van der Waals surface area contributed by atoms with Gasteiger partial charge in [0.25, 0.3) is 0 Å². The number of hydrogen-bond donors (Lipinski definition) is 1. The SMILES string of the molecule is CCC1CCCN(Cc2ccc(OC)c(O)c2)C1. The monoisotopic (exact) mass is 249 g/mol. The summed E-state index contributed by atoms with van der Waals surface area (Å²) in [5.74, 6) is 1.62. The van der Waals surface area contributed by atoms with E-state index in [1.54, 1.807) is 7.11 Å². The molecule has 1 unspecified atom stereocenters. The maximum Gasteiger partial charge on any atom is 0.160 e. The van der Waals surface area contributed by atoms with E-state index in [1.165, 1.54) is 32.4 Å². The number of phenols is 1. The van der Waals surface area contributed by atoms with E-state index < -0.39 is 0 Å². The largest absolute Gasteiger partial charge is 0.504 e. The quantitative estimate of drug-likeness (QED) is 0.890. The van der Waals surface area contributed by atoms with Gasteiger partial charge in [0, 0.05) is 13.1 Å². The molecular formula is C15H23NO2. The molecule has 1 N–H and O–H groups in total. The molecule has 0 spiro atoms. The third kappa shape index (κ3) is 3.16. The number of piperidine rings is 1. The molecule has 0 saturated carbocycles. The van der Waals surface area contributed by atoms with Gasteiger partial charge >= 0.3 is 0 Å². The molecule has 1 aliphatic heterocycles. The van der Waals surface area contributed by atoms with Gasteiger partial charge in [-0.1, -0.05) is 19.4 Å². The molecule has 1 atom stereocenters. The molecule has 1 fully saturated rings. The number of likely N-dealkylation sites (tertiary alicyclic amines) is 1. The number of methoxy groups -OCH3 is 1. The van der Waals surface area contributed by atoms with Crippen LogP contribution in [0.3, 0.4) is 0 Å². The van der Waals surface area contributed by atoms with E-state index in [0.29, 0.717) is 5.75 Å². The van der Waals surface area contributed by atoms with Crippen molar-refractivity contribution in [3.05, 3.63) is 23.8 Å². The molecule has 0 amide bonds. The van der Waals surface area contributed by atoms with Crippen LogP contribution in [0.2, 0.25) is 0 Å². The summed E-state index contributed by atoms with van der Waals surface area (Å²) in [6, 6.07) is 5.69. The smallest absolute Gasteiger partial charge is 0.160 e. The van der Waals surface area contributed by atoms with Crippen LogP contribution in [0.1, 0.15) is 31.7 Å². The molecule has 18 heavy (non-hydrogen) atoms. The summed E-state index contributed by atoms with van der Waals surface area (Å²) in [5.41, 5.74) is 1.16. The van der Waals surface area contributed by atoms with Crippen molar-refractivity contribution in [3.8, 4) is 11.5 Å². The lowest BCUT2D eigenvalue weighted by Gasteiger charge is -2.32. The van der Waals surface area contributed by atoms with Crippen LogP contribution in [0.15, 0.2) is 18.2 Å². The van der Waals surface area contributed by atoms with Gasteiger partial charge in [0.2, 0.25) is 0 Å². The summed E-state index contributed by atoms with van der Waals surface area (Å²) in [4.78, 5) is 2.49. The van der Waals surface area contributed by atoms with Crippen molar-refractivity contribution in [3.63, 3.8) is 0 Å². The van der Waals surface area contributed by atoms with Gasteiger partial charge in [-0.25, -0.2) is 0 Å². The lowest BCUT2D eigenvalue weighted by Crippen LogP contribution is -2.34. The minimum absolute atomic E-state index is 0.235. The van der Waals surface area contributed by atoms with Gasteiger partial charge < -0.3 is 9.84 Å². The zero-order chi connectivity index (χ0) is 13.0. The Bertz CT molecular complexity index is 392. The van der Waals surface area contributed by atoms with Gasteiger partial charge in [-0.05, 0) is 43.0 Å². The van der Waals surface area contributed by atoms with Gasteiger partial charge in [-0.3, -0.25) is 4.90 Å². The predicted molar refractivity (Wildman–Crippen MR) is 73.0 cm³/mol. The highest BCUT2D eigenvalue weighted by atomic mass is 16.5. The number of hydrogen-bond acceptors (Lipinski definition) is 3. The molecule has 0 bridgehead atoms. The summed E-state index contributed by atoms with van der Waals surface area (Å²) >= 11 is 0. The number of ether oxygens (including phenoxy) is 1. The first kappa shape index (κ1) is 13.2. The summed E-state index contributed by atoms with van der Waals surface area (Å²) in [6.45, 7) is 5.55. The van der Waals surface area contributed by atoms with Crippen LogP contribution in [-0.2, 0) is 6.54 Å². The predicted octanol–water partition coefficient (Wildman–Crippen LogP) is 3.02. The molecule has 2 rings (SSSR count). The molecule has 1 aromatic rings. The lowest BCUT2D eigenvalue weighted by atomic mass is 9.95. The zero-order valence-corrected chi connectivity index (χ0v) is 11.4. The fraction of sp³-hybridized carbons (Fsp3) is 0.600. The first-order valence-electron chi connectivity index (χ1n) is 6.81. The third-order valence-electron chi connectivity index (χ3n) is 3.83. The molecule has 1 saturated heterocycles. The number of phenolic OH excluding ortho intramolecular Hbond substituents is 1. The van der Waals surface area contributed by atoms with Crippen LogP contribution in [0.25, 0.3) is 0 Å². The minimum Gasteiger partial charge on any atom is -0.504 e. The average molecular weight is 249 g/mol. The Morgan fingerprint density at radius 2 is 2.28 bits per heavy atom. The van der Waals surface area contributed by atoms with Crippen LogP contribution in [0.5, 0.6) is 11.5 Å². The Labute approximate surface area is 109 Å². The fourth-order valence-electron chi connectivity index (χ4n) is 2.72. The minimum atomic E-state index is 0.235. The normalized spacial score (nSPS) is 20.9. The topological polar surface area (TPSA) is 32.7 Å². The first-order valence-corrected chi connectivity index (χ1v) is 6.81. The number of nitrogens with zero attached hydrogens (tertiary/aromatic N) is 1. The van der Waals surface area contributed by atoms with Gasteiger partial charge in [-0.15, -0.1) is 0 Å². The van der Waals surface area contributed by atoms with Crippen LogP contribution >= 0.6 is 0 Å². The van der Waals surface area contributed by atoms with Gasteiger partial charge in [0.05, 0.1) is 7.11 Å².